The monoisotopic (exact) mass is 229 g/mol. The van der Waals surface area contributed by atoms with Crippen molar-refractivity contribution in [2.45, 2.75) is 32.0 Å². The highest BCUT2D eigenvalue weighted by molar-refractivity contribution is 5.38. The predicted molar refractivity (Wildman–Crippen MR) is 55.7 cm³/mol. The van der Waals surface area contributed by atoms with Crippen molar-refractivity contribution in [2.75, 3.05) is 0 Å². The maximum absolute atomic E-state index is 12.5. The SMILES string of the molecule is CC1(C)CC1(N)c1cccc(C(F)(F)F)c1. The van der Waals surface area contributed by atoms with Gasteiger partial charge in [-0.3, -0.25) is 0 Å². The standard InChI is InChI=1S/C12H14F3N/c1-10(2)7-11(10,16)8-4-3-5-9(6-8)12(13,14)15/h3-6H,7,16H2,1-2H3. The number of hydrogen-bond donors (Lipinski definition) is 1. The van der Waals surface area contributed by atoms with Gasteiger partial charge in [-0.2, -0.15) is 13.2 Å². The third kappa shape index (κ3) is 1.61. The van der Waals surface area contributed by atoms with E-state index in [1.807, 2.05) is 13.8 Å². The van der Waals surface area contributed by atoms with E-state index in [1.165, 1.54) is 6.07 Å². The van der Waals surface area contributed by atoms with Gasteiger partial charge in [0.2, 0.25) is 0 Å². The molecular formula is C12H14F3N. The first-order valence-corrected chi connectivity index (χ1v) is 5.13. The van der Waals surface area contributed by atoms with Crippen LogP contribution < -0.4 is 5.73 Å². The van der Waals surface area contributed by atoms with E-state index in [0.717, 1.165) is 18.6 Å². The van der Waals surface area contributed by atoms with Crippen LogP contribution in [-0.4, -0.2) is 0 Å². The van der Waals surface area contributed by atoms with E-state index in [2.05, 4.69) is 0 Å². The second-order valence-electron chi connectivity index (χ2n) is 5.11. The van der Waals surface area contributed by atoms with E-state index >= 15 is 0 Å². The van der Waals surface area contributed by atoms with Crippen LogP contribution in [0.25, 0.3) is 0 Å². The third-order valence-corrected chi connectivity index (χ3v) is 3.51. The van der Waals surface area contributed by atoms with Crippen LogP contribution in [0.15, 0.2) is 24.3 Å². The van der Waals surface area contributed by atoms with Gasteiger partial charge in [0.25, 0.3) is 0 Å². The minimum Gasteiger partial charge on any atom is -0.321 e. The molecule has 1 unspecified atom stereocenters. The summed E-state index contributed by atoms with van der Waals surface area (Å²) >= 11 is 0. The Labute approximate surface area is 92.5 Å². The molecule has 0 spiro atoms. The van der Waals surface area contributed by atoms with E-state index in [4.69, 9.17) is 5.73 Å². The molecule has 0 saturated heterocycles. The van der Waals surface area contributed by atoms with Gasteiger partial charge >= 0.3 is 6.18 Å². The quantitative estimate of drug-likeness (QED) is 0.785. The van der Waals surface area contributed by atoms with Gasteiger partial charge in [-0.25, -0.2) is 0 Å². The summed E-state index contributed by atoms with van der Waals surface area (Å²) in [5, 5.41) is 0. The van der Waals surface area contributed by atoms with Crippen molar-refractivity contribution in [3.05, 3.63) is 35.4 Å². The molecule has 1 nitrogen and oxygen atoms in total. The number of alkyl halides is 3. The van der Waals surface area contributed by atoms with Gasteiger partial charge in [0, 0.05) is 5.54 Å². The van der Waals surface area contributed by atoms with Crippen LogP contribution in [0.5, 0.6) is 0 Å². The Morgan fingerprint density at radius 3 is 2.25 bits per heavy atom. The normalized spacial score (nSPS) is 27.9. The van der Waals surface area contributed by atoms with Crippen molar-refractivity contribution < 1.29 is 13.2 Å². The first-order chi connectivity index (χ1) is 7.17. The zero-order chi connectivity index (χ0) is 12.2. The van der Waals surface area contributed by atoms with Crippen LogP contribution >= 0.6 is 0 Å². The van der Waals surface area contributed by atoms with Crippen LogP contribution in [0, 0.1) is 5.41 Å². The van der Waals surface area contributed by atoms with E-state index in [1.54, 1.807) is 6.07 Å². The molecule has 88 valence electrons. The van der Waals surface area contributed by atoms with E-state index < -0.39 is 17.3 Å². The largest absolute Gasteiger partial charge is 0.416 e. The topological polar surface area (TPSA) is 26.0 Å². The molecule has 2 rings (SSSR count). The Kier molecular flexibility index (Phi) is 2.15. The number of hydrogen-bond acceptors (Lipinski definition) is 1. The van der Waals surface area contributed by atoms with Crippen LogP contribution in [0.2, 0.25) is 0 Å². The molecule has 0 heterocycles. The first-order valence-electron chi connectivity index (χ1n) is 5.13. The highest BCUT2D eigenvalue weighted by Gasteiger charge is 2.59. The van der Waals surface area contributed by atoms with Crippen molar-refractivity contribution >= 4 is 0 Å². The highest BCUT2D eigenvalue weighted by atomic mass is 19.4. The molecule has 4 heteroatoms. The molecule has 1 aliphatic carbocycles. The second kappa shape index (κ2) is 3.00. The van der Waals surface area contributed by atoms with Crippen molar-refractivity contribution in [3.63, 3.8) is 0 Å². The molecule has 0 aromatic heterocycles. The summed E-state index contributed by atoms with van der Waals surface area (Å²) in [7, 11) is 0. The van der Waals surface area contributed by atoms with Crippen LogP contribution in [0.3, 0.4) is 0 Å². The van der Waals surface area contributed by atoms with Crippen molar-refractivity contribution in [1.82, 2.24) is 0 Å². The molecule has 1 aliphatic rings. The highest BCUT2D eigenvalue weighted by Crippen LogP contribution is 2.60. The molecule has 1 saturated carbocycles. The Balaban J connectivity index is 2.39. The lowest BCUT2D eigenvalue weighted by molar-refractivity contribution is -0.137. The fraction of sp³-hybridized carbons (Fsp3) is 0.500. The molecule has 0 amide bonds. The van der Waals surface area contributed by atoms with E-state index in [9.17, 15) is 13.2 Å². The fourth-order valence-corrected chi connectivity index (χ4v) is 2.12. The van der Waals surface area contributed by atoms with Crippen molar-refractivity contribution in [3.8, 4) is 0 Å². The van der Waals surface area contributed by atoms with Crippen LogP contribution in [-0.2, 0) is 11.7 Å². The lowest BCUT2D eigenvalue weighted by Gasteiger charge is -2.17. The Hall–Kier alpha value is -1.03. The van der Waals surface area contributed by atoms with Crippen molar-refractivity contribution in [1.29, 1.82) is 0 Å². The van der Waals surface area contributed by atoms with Crippen molar-refractivity contribution in [2.24, 2.45) is 11.1 Å². The minimum atomic E-state index is -4.30. The molecule has 1 atom stereocenters. The minimum absolute atomic E-state index is 0.114. The number of benzene rings is 1. The van der Waals surface area contributed by atoms with E-state index in [0.29, 0.717) is 5.56 Å². The molecule has 1 fully saturated rings. The summed E-state index contributed by atoms with van der Waals surface area (Å²) < 4.78 is 37.6. The molecule has 0 radical (unpaired) electrons. The third-order valence-electron chi connectivity index (χ3n) is 3.51. The van der Waals surface area contributed by atoms with Gasteiger partial charge in [-0.1, -0.05) is 26.0 Å². The van der Waals surface area contributed by atoms with Gasteiger partial charge in [-0.05, 0) is 29.5 Å². The maximum atomic E-state index is 12.5. The summed E-state index contributed by atoms with van der Waals surface area (Å²) in [5.41, 5.74) is 5.32. The Morgan fingerprint density at radius 2 is 1.81 bits per heavy atom. The van der Waals surface area contributed by atoms with Gasteiger partial charge in [0.1, 0.15) is 0 Å². The summed E-state index contributed by atoms with van der Waals surface area (Å²) in [6.07, 6.45) is -3.58. The summed E-state index contributed by atoms with van der Waals surface area (Å²) in [6, 6.07) is 5.32. The Morgan fingerprint density at radius 1 is 1.25 bits per heavy atom. The first kappa shape index (κ1) is 11.5. The lowest BCUT2D eigenvalue weighted by Crippen LogP contribution is -2.25. The molecule has 0 aliphatic heterocycles. The number of rotatable bonds is 1. The number of nitrogens with two attached hydrogens (primary N) is 1. The zero-order valence-electron chi connectivity index (χ0n) is 9.23. The number of halogens is 3. The summed E-state index contributed by atoms with van der Waals surface area (Å²) in [5.74, 6) is 0. The Bertz CT molecular complexity index is 423. The molecule has 1 aromatic carbocycles. The zero-order valence-corrected chi connectivity index (χ0v) is 9.23. The second-order valence-corrected chi connectivity index (χ2v) is 5.11. The van der Waals surface area contributed by atoms with E-state index in [-0.39, 0.29) is 5.41 Å². The fourth-order valence-electron chi connectivity index (χ4n) is 2.12. The van der Waals surface area contributed by atoms with Gasteiger partial charge in [-0.15, -0.1) is 0 Å². The molecule has 0 bridgehead atoms. The smallest absolute Gasteiger partial charge is 0.321 e. The van der Waals surface area contributed by atoms with Gasteiger partial charge < -0.3 is 5.73 Å². The van der Waals surface area contributed by atoms with Gasteiger partial charge in [0.05, 0.1) is 5.56 Å². The van der Waals surface area contributed by atoms with Crippen LogP contribution in [0.4, 0.5) is 13.2 Å². The maximum Gasteiger partial charge on any atom is 0.416 e. The van der Waals surface area contributed by atoms with Gasteiger partial charge in [0.15, 0.2) is 0 Å². The molecule has 16 heavy (non-hydrogen) atoms. The molecular weight excluding hydrogens is 215 g/mol. The average molecular weight is 229 g/mol. The average Bonchev–Trinajstić information content (AvgIpc) is 2.66. The summed E-state index contributed by atoms with van der Waals surface area (Å²) in [6.45, 7) is 3.93. The predicted octanol–water partition coefficient (Wildman–Crippen LogP) is 3.29. The van der Waals surface area contributed by atoms with Crippen LogP contribution in [0.1, 0.15) is 31.4 Å². The molecule has 2 N–H and O–H groups in total. The lowest BCUT2D eigenvalue weighted by atomic mass is 9.95. The summed E-state index contributed by atoms with van der Waals surface area (Å²) in [4.78, 5) is 0. The molecule has 1 aromatic rings.